The van der Waals surface area contributed by atoms with Gasteiger partial charge in [-0.05, 0) is 55.2 Å². The van der Waals surface area contributed by atoms with Gasteiger partial charge in [0.05, 0.1) is 24.2 Å². The van der Waals surface area contributed by atoms with Crippen molar-refractivity contribution in [2.45, 2.75) is 45.8 Å². The maximum Gasteiger partial charge on any atom is 0.256 e. The Hall–Kier alpha value is -3.85. The number of hydrogen-bond acceptors (Lipinski definition) is 5. The number of carbonyl (C=O) groups excluding carboxylic acids is 3. The minimum Gasteiger partial charge on any atom is -0.481 e. The highest BCUT2D eigenvalue weighted by Crippen LogP contribution is 2.34. The van der Waals surface area contributed by atoms with Crippen LogP contribution in [0.3, 0.4) is 0 Å². The topological polar surface area (TPSA) is 96.8 Å². The van der Waals surface area contributed by atoms with Crippen LogP contribution in [0.2, 0.25) is 5.02 Å². The quantitative estimate of drug-likeness (QED) is 0.456. The van der Waals surface area contributed by atoms with E-state index < -0.39 is 0 Å². The van der Waals surface area contributed by atoms with Crippen LogP contribution < -0.4 is 10.1 Å². The summed E-state index contributed by atoms with van der Waals surface area (Å²) in [5.74, 6) is 0.201. The lowest BCUT2D eigenvalue weighted by atomic mass is 9.99. The number of methoxy groups -OCH3 is 1. The number of benzene rings is 1. The van der Waals surface area contributed by atoms with Crippen molar-refractivity contribution < 1.29 is 19.1 Å². The molecule has 3 aromatic rings. The molecule has 0 bridgehead atoms. The molecule has 4 heterocycles. The summed E-state index contributed by atoms with van der Waals surface area (Å²) in [5.41, 5.74) is 5.15. The zero-order chi connectivity index (χ0) is 27.8. The van der Waals surface area contributed by atoms with E-state index in [0.29, 0.717) is 55.5 Å². The number of aromatic nitrogens is 2. The highest BCUT2D eigenvalue weighted by molar-refractivity contribution is 6.31. The number of carbonyl (C=O) groups is 3. The fourth-order valence-corrected chi connectivity index (χ4v) is 6.02. The Balaban J connectivity index is 1.46. The Kier molecular flexibility index (Phi) is 7.36. The fraction of sp³-hybridized carbons (Fsp3) is 0.379. The van der Waals surface area contributed by atoms with E-state index in [2.05, 4.69) is 16.9 Å². The molecule has 0 spiro atoms. The van der Waals surface area contributed by atoms with Gasteiger partial charge in [0.25, 0.3) is 5.91 Å². The molecule has 5 rings (SSSR count). The van der Waals surface area contributed by atoms with E-state index in [9.17, 15) is 14.4 Å². The van der Waals surface area contributed by atoms with Crippen LogP contribution in [0.1, 0.15) is 39.7 Å². The molecule has 0 unspecified atom stereocenters. The van der Waals surface area contributed by atoms with Gasteiger partial charge in [-0.2, -0.15) is 0 Å². The van der Waals surface area contributed by atoms with Gasteiger partial charge in [0.2, 0.25) is 17.7 Å². The Morgan fingerprint density at radius 3 is 2.72 bits per heavy atom. The summed E-state index contributed by atoms with van der Waals surface area (Å²) in [6, 6.07) is 5.49. The second-order valence-corrected chi connectivity index (χ2v) is 10.5. The molecule has 1 N–H and O–H groups in total. The molecular weight excluding hydrogens is 518 g/mol. The molecule has 0 aliphatic carbocycles. The van der Waals surface area contributed by atoms with E-state index in [-0.39, 0.29) is 30.3 Å². The van der Waals surface area contributed by atoms with E-state index in [0.717, 1.165) is 33.3 Å². The van der Waals surface area contributed by atoms with Gasteiger partial charge in [-0.15, -0.1) is 0 Å². The molecule has 0 atom stereocenters. The number of pyridine rings is 1. The van der Waals surface area contributed by atoms with Crippen molar-refractivity contribution in [3.8, 4) is 5.88 Å². The lowest BCUT2D eigenvalue weighted by molar-refractivity contribution is -0.133. The average molecular weight is 550 g/mol. The monoisotopic (exact) mass is 549 g/mol. The van der Waals surface area contributed by atoms with Crippen LogP contribution in [-0.2, 0) is 35.5 Å². The third-order valence-corrected chi connectivity index (χ3v) is 7.81. The summed E-state index contributed by atoms with van der Waals surface area (Å²) < 4.78 is 7.37. The van der Waals surface area contributed by atoms with Crippen molar-refractivity contribution in [3.05, 3.63) is 70.0 Å². The molecule has 0 radical (unpaired) electrons. The number of aryl methyl sites for hydroxylation is 1. The molecule has 2 aliphatic heterocycles. The highest BCUT2D eigenvalue weighted by Gasteiger charge is 2.32. The van der Waals surface area contributed by atoms with E-state index in [1.807, 2.05) is 41.5 Å². The molecule has 2 aromatic heterocycles. The number of halogens is 1. The Morgan fingerprint density at radius 2 is 2.03 bits per heavy atom. The molecular formula is C29H32ClN5O4. The summed E-state index contributed by atoms with van der Waals surface area (Å²) >= 11 is 6.47. The van der Waals surface area contributed by atoms with Crippen molar-refractivity contribution >= 4 is 40.2 Å². The molecule has 3 amide bonds. The maximum atomic E-state index is 14.1. The van der Waals surface area contributed by atoms with E-state index in [4.69, 9.17) is 16.3 Å². The predicted octanol–water partition coefficient (Wildman–Crippen LogP) is 3.28. The lowest BCUT2D eigenvalue weighted by Gasteiger charge is -2.39. The maximum absolute atomic E-state index is 14.1. The standard InChI is InChI=1S/C29H32ClN5O4/c1-5-23-26(29(38)33-10-8-21-18(13-33)7-9-31-28(21)39-4)22-12-19(30)11-17(3)27(22)35(23)16-24(36)32-20-14-34(15-20)25(37)6-2/h6-7,9,11-12,20H,2,5,8,10,13-16H2,1,3-4H3,(H,32,36). The van der Waals surface area contributed by atoms with E-state index in [1.54, 1.807) is 18.2 Å². The summed E-state index contributed by atoms with van der Waals surface area (Å²) in [6.07, 6.45) is 4.18. The molecule has 10 heteroatoms. The number of ether oxygens (including phenoxy) is 1. The summed E-state index contributed by atoms with van der Waals surface area (Å²) in [4.78, 5) is 46.8. The number of nitrogens with zero attached hydrogens (tertiary/aromatic N) is 4. The smallest absolute Gasteiger partial charge is 0.256 e. The Morgan fingerprint density at radius 1 is 1.26 bits per heavy atom. The molecule has 0 saturated carbocycles. The molecule has 204 valence electrons. The van der Waals surface area contributed by atoms with Crippen LogP contribution in [-0.4, -0.2) is 69.9 Å². The van der Waals surface area contributed by atoms with E-state index >= 15 is 0 Å². The van der Waals surface area contributed by atoms with Crippen molar-refractivity contribution in [1.82, 2.24) is 24.7 Å². The van der Waals surface area contributed by atoms with Gasteiger partial charge in [0.1, 0.15) is 6.54 Å². The molecule has 1 saturated heterocycles. The van der Waals surface area contributed by atoms with Crippen molar-refractivity contribution in [2.24, 2.45) is 0 Å². The van der Waals surface area contributed by atoms with Crippen molar-refractivity contribution in [2.75, 3.05) is 26.7 Å². The number of fused-ring (bicyclic) bond motifs is 2. The normalized spacial score (nSPS) is 15.1. The first kappa shape index (κ1) is 26.7. The summed E-state index contributed by atoms with van der Waals surface area (Å²) in [7, 11) is 1.60. The first-order valence-electron chi connectivity index (χ1n) is 13.1. The zero-order valence-corrected chi connectivity index (χ0v) is 23.2. The number of hydrogen-bond donors (Lipinski definition) is 1. The number of amides is 3. The van der Waals surface area contributed by atoms with Gasteiger partial charge in [0.15, 0.2) is 0 Å². The minimum atomic E-state index is -0.169. The zero-order valence-electron chi connectivity index (χ0n) is 22.4. The van der Waals surface area contributed by atoms with Crippen molar-refractivity contribution in [3.63, 3.8) is 0 Å². The van der Waals surface area contributed by atoms with E-state index in [1.165, 1.54) is 6.08 Å². The average Bonchev–Trinajstić information content (AvgIpc) is 3.21. The molecule has 9 nitrogen and oxygen atoms in total. The molecule has 39 heavy (non-hydrogen) atoms. The molecule has 2 aliphatic rings. The largest absolute Gasteiger partial charge is 0.481 e. The summed E-state index contributed by atoms with van der Waals surface area (Å²) in [5, 5.41) is 4.31. The van der Waals surface area contributed by atoms with Gasteiger partial charge in [0, 0.05) is 54.0 Å². The first-order valence-corrected chi connectivity index (χ1v) is 13.4. The van der Waals surface area contributed by atoms with Crippen LogP contribution in [0.25, 0.3) is 10.9 Å². The van der Waals surface area contributed by atoms with Crippen molar-refractivity contribution in [1.29, 1.82) is 0 Å². The van der Waals surface area contributed by atoms with Gasteiger partial charge in [-0.3, -0.25) is 14.4 Å². The van der Waals surface area contributed by atoms with Crippen LogP contribution in [0.5, 0.6) is 5.88 Å². The van der Waals surface area contributed by atoms with Crippen LogP contribution >= 0.6 is 11.6 Å². The summed E-state index contributed by atoms with van der Waals surface area (Å²) in [6.45, 7) is 9.40. The third-order valence-electron chi connectivity index (χ3n) is 7.59. The highest BCUT2D eigenvalue weighted by atomic mass is 35.5. The predicted molar refractivity (Wildman–Crippen MR) is 149 cm³/mol. The number of nitrogens with one attached hydrogen (secondary N) is 1. The third kappa shape index (κ3) is 4.87. The SMILES string of the molecule is C=CC(=O)N1CC(NC(=O)Cn2c(CC)c(C(=O)N3CCc4c(ccnc4OC)C3)c3cc(Cl)cc(C)c32)C1. The van der Waals surface area contributed by atoms with Gasteiger partial charge < -0.3 is 24.4 Å². The number of likely N-dealkylation sites (tertiary alicyclic amines) is 1. The van der Waals surface area contributed by atoms with Gasteiger partial charge in [-0.25, -0.2) is 4.98 Å². The Bertz CT molecular complexity index is 1490. The molecule has 1 aromatic carbocycles. The lowest BCUT2D eigenvalue weighted by Crippen LogP contribution is -2.61. The van der Waals surface area contributed by atoms with Gasteiger partial charge in [-0.1, -0.05) is 25.1 Å². The number of rotatable bonds is 7. The molecule has 1 fully saturated rings. The Labute approximate surface area is 232 Å². The second-order valence-electron chi connectivity index (χ2n) is 10.0. The van der Waals surface area contributed by atoms with Crippen LogP contribution in [0.15, 0.2) is 37.1 Å². The fourth-order valence-electron chi connectivity index (χ4n) is 5.75. The van der Waals surface area contributed by atoms with Gasteiger partial charge >= 0.3 is 0 Å². The second kappa shape index (κ2) is 10.7. The first-order chi connectivity index (χ1) is 18.7. The van der Waals surface area contributed by atoms with Crippen LogP contribution in [0.4, 0.5) is 0 Å². The minimum absolute atomic E-state index is 0.0625. The van der Waals surface area contributed by atoms with Crippen LogP contribution in [0, 0.1) is 6.92 Å².